The lowest BCUT2D eigenvalue weighted by Gasteiger charge is -2.34. The van der Waals surface area contributed by atoms with Gasteiger partial charge in [-0.3, -0.25) is 19.3 Å². The van der Waals surface area contributed by atoms with Gasteiger partial charge in [-0.1, -0.05) is 13.0 Å². The van der Waals surface area contributed by atoms with Crippen molar-refractivity contribution < 1.29 is 18.8 Å². The molecule has 122 valence electrons. The molecule has 0 bridgehead atoms. The van der Waals surface area contributed by atoms with E-state index in [1.807, 2.05) is 0 Å². The molecule has 0 saturated carbocycles. The van der Waals surface area contributed by atoms with Gasteiger partial charge < -0.3 is 9.80 Å². The van der Waals surface area contributed by atoms with Gasteiger partial charge >= 0.3 is 0 Å². The number of likely N-dealkylation sites (N-methyl/N-ethyl adjacent to an activating group) is 1. The Balaban J connectivity index is 1.70. The Morgan fingerprint density at radius 3 is 2.43 bits per heavy atom. The lowest BCUT2D eigenvalue weighted by molar-refractivity contribution is -0.133. The van der Waals surface area contributed by atoms with Crippen LogP contribution in [0.3, 0.4) is 0 Å². The fourth-order valence-corrected chi connectivity index (χ4v) is 2.98. The third-order valence-electron chi connectivity index (χ3n) is 4.41. The zero-order valence-electron chi connectivity index (χ0n) is 12.9. The highest BCUT2D eigenvalue weighted by Crippen LogP contribution is 2.25. The lowest BCUT2D eigenvalue weighted by Crippen LogP contribution is -2.51. The fourth-order valence-electron chi connectivity index (χ4n) is 2.98. The number of nitrogens with zero attached hydrogens (tertiary/aromatic N) is 3. The van der Waals surface area contributed by atoms with Crippen LogP contribution in [0.5, 0.6) is 0 Å². The van der Waals surface area contributed by atoms with Crippen LogP contribution in [-0.4, -0.2) is 71.7 Å². The van der Waals surface area contributed by atoms with Crippen molar-refractivity contribution in [3.05, 3.63) is 35.1 Å². The maximum atomic E-state index is 13.8. The van der Waals surface area contributed by atoms with Gasteiger partial charge in [-0.25, -0.2) is 4.39 Å². The van der Waals surface area contributed by atoms with Crippen LogP contribution in [-0.2, 0) is 4.79 Å². The predicted molar refractivity (Wildman–Crippen MR) is 80.5 cm³/mol. The normalized spacial score (nSPS) is 18.5. The third kappa shape index (κ3) is 2.72. The Bertz CT molecular complexity index is 669. The first-order valence-corrected chi connectivity index (χ1v) is 7.67. The average Bonchev–Trinajstić information content (AvgIpc) is 2.81. The summed E-state index contributed by atoms with van der Waals surface area (Å²) in [6.45, 7) is 5.36. The molecular formula is C16H18FN3O3. The molecule has 0 aliphatic carbocycles. The maximum Gasteiger partial charge on any atom is 0.265 e. The standard InChI is InChI=1S/C16H18FN3O3/c1-2-18-6-8-19(9-7-18)13(21)10-20-15(22)11-4-3-5-12(17)14(11)16(20)23/h3-5H,2,6-10H2,1H3. The summed E-state index contributed by atoms with van der Waals surface area (Å²) in [7, 11) is 0. The number of rotatable bonds is 3. The van der Waals surface area contributed by atoms with Crippen LogP contribution in [0.25, 0.3) is 0 Å². The van der Waals surface area contributed by atoms with E-state index in [2.05, 4.69) is 11.8 Å². The zero-order chi connectivity index (χ0) is 16.6. The topological polar surface area (TPSA) is 60.9 Å². The number of imide groups is 1. The van der Waals surface area contributed by atoms with E-state index in [0.29, 0.717) is 13.1 Å². The van der Waals surface area contributed by atoms with Gasteiger partial charge in [0.15, 0.2) is 0 Å². The van der Waals surface area contributed by atoms with Crippen LogP contribution in [0.15, 0.2) is 18.2 Å². The first kappa shape index (κ1) is 15.6. The maximum absolute atomic E-state index is 13.8. The first-order valence-electron chi connectivity index (χ1n) is 7.67. The molecule has 3 rings (SSSR count). The van der Waals surface area contributed by atoms with Crippen LogP contribution in [0.4, 0.5) is 4.39 Å². The molecule has 1 aromatic rings. The van der Waals surface area contributed by atoms with Gasteiger partial charge in [-0.2, -0.15) is 0 Å². The minimum absolute atomic E-state index is 0.0265. The van der Waals surface area contributed by atoms with E-state index >= 15 is 0 Å². The molecule has 1 fully saturated rings. The molecule has 0 unspecified atom stereocenters. The molecule has 2 heterocycles. The second kappa shape index (κ2) is 6.08. The van der Waals surface area contributed by atoms with Crippen molar-refractivity contribution in [3.63, 3.8) is 0 Å². The minimum atomic E-state index is -0.733. The van der Waals surface area contributed by atoms with E-state index in [1.165, 1.54) is 12.1 Å². The Morgan fingerprint density at radius 1 is 1.13 bits per heavy atom. The Morgan fingerprint density at radius 2 is 1.83 bits per heavy atom. The third-order valence-corrected chi connectivity index (χ3v) is 4.41. The minimum Gasteiger partial charge on any atom is -0.339 e. The van der Waals surface area contributed by atoms with Crippen molar-refractivity contribution in [2.24, 2.45) is 0 Å². The second-order valence-electron chi connectivity index (χ2n) is 5.67. The molecule has 0 N–H and O–H groups in total. The van der Waals surface area contributed by atoms with Crippen LogP contribution in [0.1, 0.15) is 27.6 Å². The number of fused-ring (bicyclic) bond motifs is 1. The highest BCUT2D eigenvalue weighted by atomic mass is 19.1. The van der Waals surface area contributed by atoms with E-state index < -0.39 is 17.6 Å². The predicted octanol–water partition coefficient (Wildman–Crippen LogP) is 0.586. The molecule has 1 saturated heterocycles. The van der Waals surface area contributed by atoms with Gasteiger partial charge in [0.1, 0.15) is 12.4 Å². The molecule has 3 amide bonds. The molecular weight excluding hydrogens is 301 g/mol. The van der Waals surface area contributed by atoms with Crippen LogP contribution < -0.4 is 0 Å². The fraction of sp³-hybridized carbons (Fsp3) is 0.438. The highest BCUT2D eigenvalue weighted by Gasteiger charge is 2.39. The Labute approximate surface area is 133 Å². The number of piperazine rings is 1. The number of hydrogen-bond acceptors (Lipinski definition) is 4. The molecule has 6 nitrogen and oxygen atoms in total. The first-order chi connectivity index (χ1) is 11.0. The number of hydrogen-bond donors (Lipinski definition) is 0. The molecule has 0 atom stereocenters. The van der Waals surface area contributed by atoms with Crippen molar-refractivity contribution in [1.82, 2.24) is 14.7 Å². The SMILES string of the molecule is CCN1CCN(C(=O)CN2C(=O)c3cccc(F)c3C2=O)CC1. The summed E-state index contributed by atoms with van der Waals surface area (Å²) in [5, 5.41) is 0. The van der Waals surface area contributed by atoms with Gasteiger partial charge in [-0.05, 0) is 18.7 Å². The summed E-state index contributed by atoms with van der Waals surface area (Å²) < 4.78 is 13.8. The van der Waals surface area contributed by atoms with Gasteiger partial charge in [0.05, 0.1) is 11.1 Å². The number of carbonyl (C=O) groups is 3. The van der Waals surface area contributed by atoms with E-state index in [4.69, 9.17) is 0 Å². The van der Waals surface area contributed by atoms with E-state index in [0.717, 1.165) is 30.6 Å². The number of benzene rings is 1. The van der Waals surface area contributed by atoms with Crippen molar-refractivity contribution in [2.45, 2.75) is 6.92 Å². The lowest BCUT2D eigenvalue weighted by atomic mass is 10.1. The number of halogens is 1. The molecule has 2 aliphatic rings. The van der Waals surface area contributed by atoms with Crippen LogP contribution in [0, 0.1) is 5.82 Å². The van der Waals surface area contributed by atoms with Gasteiger partial charge in [0.2, 0.25) is 5.91 Å². The Hall–Kier alpha value is -2.28. The summed E-state index contributed by atoms with van der Waals surface area (Å²) in [6.07, 6.45) is 0. The van der Waals surface area contributed by atoms with E-state index in [-0.39, 0.29) is 23.6 Å². The molecule has 0 aromatic heterocycles. The van der Waals surface area contributed by atoms with E-state index in [9.17, 15) is 18.8 Å². The monoisotopic (exact) mass is 319 g/mol. The molecule has 0 radical (unpaired) electrons. The molecule has 0 spiro atoms. The van der Waals surface area contributed by atoms with Crippen LogP contribution in [0.2, 0.25) is 0 Å². The zero-order valence-corrected chi connectivity index (χ0v) is 12.9. The molecule has 1 aromatic carbocycles. The smallest absolute Gasteiger partial charge is 0.265 e. The molecule has 7 heteroatoms. The molecule has 2 aliphatic heterocycles. The van der Waals surface area contributed by atoms with Crippen LogP contribution >= 0.6 is 0 Å². The highest BCUT2D eigenvalue weighted by molar-refractivity contribution is 6.22. The number of amides is 3. The summed E-state index contributed by atoms with van der Waals surface area (Å²) in [5.74, 6) is -2.35. The summed E-state index contributed by atoms with van der Waals surface area (Å²) >= 11 is 0. The summed E-state index contributed by atoms with van der Waals surface area (Å²) in [6, 6.07) is 3.93. The van der Waals surface area contributed by atoms with E-state index in [1.54, 1.807) is 4.90 Å². The quantitative estimate of drug-likeness (QED) is 0.765. The van der Waals surface area contributed by atoms with Gasteiger partial charge in [0, 0.05) is 26.2 Å². The summed E-state index contributed by atoms with van der Waals surface area (Å²) in [5.41, 5.74) is -0.209. The van der Waals surface area contributed by atoms with Gasteiger partial charge in [-0.15, -0.1) is 0 Å². The largest absolute Gasteiger partial charge is 0.339 e. The molecule has 23 heavy (non-hydrogen) atoms. The van der Waals surface area contributed by atoms with Crippen molar-refractivity contribution >= 4 is 17.7 Å². The average molecular weight is 319 g/mol. The summed E-state index contributed by atoms with van der Waals surface area (Å²) in [4.78, 5) is 41.5. The van der Waals surface area contributed by atoms with Crippen molar-refractivity contribution in [2.75, 3.05) is 39.3 Å². The van der Waals surface area contributed by atoms with Gasteiger partial charge in [0.25, 0.3) is 11.8 Å². The number of carbonyl (C=O) groups excluding carboxylic acids is 3. The van der Waals surface area contributed by atoms with Crippen molar-refractivity contribution in [1.29, 1.82) is 0 Å². The second-order valence-corrected chi connectivity index (χ2v) is 5.67. The van der Waals surface area contributed by atoms with Crippen molar-refractivity contribution in [3.8, 4) is 0 Å². The Kier molecular flexibility index (Phi) is 4.12.